The average Bonchev–Trinajstić information content (AvgIpc) is 2.80. The molecule has 2 N–H and O–H groups in total. The molecule has 0 radical (unpaired) electrons. The molecule has 2 atom stereocenters. The van der Waals surface area contributed by atoms with Crippen molar-refractivity contribution in [1.82, 2.24) is 5.32 Å². The molecule has 10 heteroatoms. The zero-order valence-corrected chi connectivity index (χ0v) is 23.7. The Bertz CT molecular complexity index is 1100. The Morgan fingerprint density at radius 3 is 1.71 bits per heavy atom. The van der Waals surface area contributed by atoms with Crippen molar-refractivity contribution in [3.8, 4) is 0 Å². The summed E-state index contributed by atoms with van der Waals surface area (Å²) in [4.78, 5) is 49.8. The SMILES string of the molecule is CC(C)(C)OC(=O)C(CP(=O)(O)C(Cc1ccccc1)NC(=O)OCc1ccccc1)C(=O)OC(C)(C)C. The number of esters is 2. The van der Waals surface area contributed by atoms with E-state index in [-0.39, 0.29) is 13.0 Å². The van der Waals surface area contributed by atoms with Crippen molar-refractivity contribution in [3.63, 3.8) is 0 Å². The molecular weight excluding hydrogens is 509 g/mol. The predicted octanol–water partition coefficient (Wildman–Crippen LogP) is 5.05. The van der Waals surface area contributed by atoms with E-state index in [9.17, 15) is 23.8 Å². The smallest absolute Gasteiger partial charge is 0.408 e. The second-order valence-corrected chi connectivity index (χ2v) is 13.5. The first-order valence-electron chi connectivity index (χ1n) is 12.3. The number of ether oxygens (including phenoxy) is 3. The van der Waals surface area contributed by atoms with Crippen molar-refractivity contribution in [1.29, 1.82) is 0 Å². The molecule has 0 heterocycles. The van der Waals surface area contributed by atoms with Gasteiger partial charge in [-0.3, -0.25) is 14.2 Å². The standard InChI is InChI=1S/C28H38NO8P/c1-27(2,3)36-24(30)22(25(31)37-28(4,5)6)19-38(33,34)23(17-20-13-9-7-10-14-20)29-26(32)35-18-21-15-11-8-12-16-21/h7-16,22-23H,17-19H2,1-6H3,(H,29,32)(H,33,34). The summed E-state index contributed by atoms with van der Waals surface area (Å²) >= 11 is 0. The maximum absolute atomic E-state index is 13.7. The predicted molar refractivity (Wildman–Crippen MR) is 144 cm³/mol. The van der Waals surface area contributed by atoms with Crippen molar-refractivity contribution < 1.29 is 38.1 Å². The molecule has 0 bridgehead atoms. The molecule has 0 spiro atoms. The summed E-state index contributed by atoms with van der Waals surface area (Å²) in [5.74, 6) is -4.98. The van der Waals surface area contributed by atoms with E-state index in [0.29, 0.717) is 5.56 Å². The Labute approximate surface area is 224 Å². The lowest BCUT2D eigenvalue weighted by Gasteiger charge is -2.29. The number of hydrogen-bond acceptors (Lipinski definition) is 7. The number of hydrogen-bond donors (Lipinski definition) is 2. The van der Waals surface area contributed by atoms with Gasteiger partial charge in [0.05, 0.1) is 6.16 Å². The van der Waals surface area contributed by atoms with Crippen LogP contribution in [-0.2, 0) is 41.4 Å². The van der Waals surface area contributed by atoms with Crippen LogP contribution in [0.3, 0.4) is 0 Å². The first kappa shape index (κ1) is 31.1. The fourth-order valence-corrected chi connectivity index (χ4v) is 5.29. The lowest BCUT2D eigenvalue weighted by atomic mass is 10.1. The lowest BCUT2D eigenvalue weighted by molar-refractivity contribution is -0.173. The normalized spacial score (nSPS) is 14.2. The molecule has 0 saturated heterocycles. The van der Waals surface area contributed by atoms with Crippen LogP contribution in [-0.4, -0.2) is 46.1 Å². The van der Waals surface area contributed by atoms with Crippen LogP contribution in [0.1, 0.15) is 52.7 Å². The summed E-state index contributed by atoms with van der Waals surface area (Å²) in [6.07, 6.45) is -1.73. The van der Waals surface area contributed by atoms with Crippen molar-refractivity contribution in [3.05, 3.63) is 71.8 Å². The van der Waals surface area contributed by atoms with E-state index in [1.807, 2.05) is 6.07 Å². The highest BCUT2D eigenvalue weighted by Crippen LogP contribution is 2.48. The first-order valence-corrected chi connectivity index (χ1v) is 14.3. The lowest BCUT2D eigenvalue weighted by Crippen LogP contribution is -2.42. The number of carbonyl (C=O) groups is 3. The summed E-state index contributed by atoms with van der Waals surface area (Å²) in [5, 5.41) is 2.48. The minimum absolute atomic E-state index is 0.0373. The molecule has 9 nitrogen and oxygen atoms in total. The quantitative estimate of drug-likeness (QED) is 0.183. The third-order valence-corrected chi connectivity index (χ3v) is 7.26. The Hall–Kier alpha value is -3.16. The summed E-state index contributed by atoms with van der Waals surface area (Å²) in [7, 11) is -4.43. The summed E-state index contributed by atoms with van der Waals surface area (Å²) in [5.41, 5.74) is -0.481. The number of benzene rings is 2. The van der Waals surface area contributed by atoms with Gasteiger partial charge in [-0.25, -0.2) is 4.79 Å². The Kier molecular flexibility index (Phi) is 10.7. The maximum Gasteiger partial charge on any atom is 0.408 e. The van der Waals surface area contributed by atoms with Gasteiger partial charge in [0.25, 0.3) is 0 Å². The molecule has 0 fully saturated rings. The summed E-state index contributed by atoms with van der Waals surface area (Å²) in [6, 6.07) is 17.8. The number of amides is 1. The molecule has 2 aromatic carbocycles. The van der Waals surface area contributed by atoms with Gasteiger partial charge in [0.2, 0.25) is 7.37 Å². The zero-order chi connectivity index (χ0) is 28.6. The minimum atomic E-state index is -4.43. The monoisotopic (exact) mass is 547 g/mol. The topological polar surface area (TPSA) is 128 Å². The fraction of sp³-hybridized carbons (Fsp3) is 0.464. The van der Waals surface area contributed by atoms with E-state index in [0.717, 1.165) is 5.56 Å². The van der Waals surface area contributed by atoms with Crippen LogP contribution < -0.4 is 5.32 Å². The molecule has 0 aliphatic rings. The van der Waals surface area contributed by atoms with Crippen LogP contribution in [0.5, 0.6) is 0 Å². The van der Waals surface area contributed by atoms with E-state index in [1.54, 1.807) is 96.1 Å². The molecule has 38 heavy (non-hydrogen) atoms. The Morgan fingerprint density at radius 1 is 0.816 bits per heavy atom. The van der Waals surface area contributed by atoms with E-state index in [4.69, 9.17) is 14.2 Å². The van der Waals surface area contributed by atoms with Crippen LogP contribution >= 0.6 is 7.37 Å². The number of alkyl carbamates (subject to hydrolysis) is 1. The van der Waals surface area contributed by atoms with E-state index >= 15 is 0 Å². The van der Waals surface area contributed by atoms with Gasteiger partial charge < -0.3 is 24.4 Å². The van der Waals surface area contributed by atoms with Gasteiger partial charge in [-0.05, 0) is 52.7 Å². The molecule has 2 unspecified atom stereocenters. The van der Waals surface area contributed by atoms with Crippen molar-refractivity contribution in [2.75, 3.05) is 6.16 Å². The molecule has 2 rings (SSSR count). The molecule has 0 aliphatic carbocycles. The molecule has 0 aliphatic heterocycles. The summed E-state index contributed by atoms with van der Waals surface area (Å²) < 4.78 is 29.7. The number of rotatable bonds is 10. The second-order valence-electron chi connectivity index (χ2n) is 11.0. The Balaban J connectivity index is 2.30. The fourth-order valence-electron chi connectivity index (χ4n) is 3.41. The van der Waals surface area contributed by atoms with E-state index in [2.05, 4.69) is 5.32 Å². The third-order valence-electron chi connectivity index (χ3n) is 5.08. The van der Waals surface area contributed by atoms with Crippen LogP contribution in [0, 0.1) is 5.92 Å². The molecule has 0 saturated carbocycles. The van der Waals surface area contributed by atoms with Crippen LogP contribution in [0.2, 0.25) is 0 Å². The minimum Gasteiger partial charge on any atom is -0.459 e. The van der Waals surface area contributed by atoms with Crippen LogP contribution in [0.4, 0.5) is 4.79 Å². The van der Waals surface area contributed by atoms with Crippen LogP contribution in [0.15, 0.2) is 60.7 Å². The van der Waals surface area contributed by atoms with E-state index in [1.165, 1.54) is 0 Å². The second kappa shape index (κ2) is 13.1. The van der Waals surface area contributed by atoms with Gasteiger partial charge in [-0.1, -0.05) is 60.7 Å². The average molecular weight is 548 g/mol. The molecule has 2 aromatic rings. The van der Waals surface area contributed by atoms with Crippen molar-refractivity contribution >= 4 is 25.4 Å². The van der Waals surface area contributed by atoms with E-state index < -0.39 is 54.5 Å². The highest BCUT2D eigenvalue weighted by molar-refractivity contribution is 7.58. The van der Waals surface area contributed by atoms with Gasteiger partial charge >= 0.3 is 18.0 Å². The largest absolute Gasteiger partial charge is 0.459 e. The maximum atomic E-state index is 13.7. The molecule has 208 valence electrons. The van der Waals surface area contributed by atoms with Crippen LogP contribution in [0.25, 0.3) is 0 Å². The zero-order valence-electron chi connectivity index (χ0n) is 22.8. The van der Waals surface area contributed by atoms with Gasteiger partial charge in [0.1, 0.15) is 23.6 Å². The summed E-state index contributed by atoms with van der Waals surface area (Å²) in [6.45, 7) is 9.70. The molecule has 1 amide bonds. The highest BCUT2D eigenvalue weighted by atomic mass is 31.2. The number of carbonyl (C=O) groups excluding carboxylic acids is 3. The first-order chi connectivity index (χ1) is 17.6. The highest BCUT2D eigenvalue weighted by Gasteiger charge is 2.43. The Morgan fingerprint density at radius 2 is 1.26 bits per heavy atom. The van der Waals surface area contributed by atoms with Gasteiger partial charge in [-0.2, -0.15) is 0 Å². The number of nitrogens with one attached hydrogen (secondary N) is 1. The van der Waals surface area contributed by atoms with Gasteiger partial charge in [0.15, 0.2) is 5.92 Å². The third kappa shape index (κ3) is 11.1. The molecule has 0 aromatic heterocycles. The van der Waals surface area contributed by atoms with Crippen molar-refractivity contribution in [2.45, 2.75) is 71.6 Å². The van der Waals surface area contributed by atoms with Gasteiger partial charge in [0, 0.05) is 6.42 Å². The van der Waals surface area contributed by atoms with Crippen molar-refractivity contribution in [2.24, 2.45) is 5.92 Å². The van der Waals surface area contributed by atoms with Gasteiger partial charge in [-0.15, -0.1) is 0 Å². The molecular formula is C28H38NO8P.